The van der Waals surface area contributed by atoms with E-state index in [0.29, 0.717) is 5.82 Å². The molecular weight excluding hydrogens is 200 g/mol. The summed E-state index contributed by atoms with van der Waals surface area (Å²) in [4.78, 5) is 15.3. The van der Waals surface area contributed by atoms with E-state index in [1.807, 2.05) is 18.2 Å². The topological polar surface area (TPSA) is 42.0 Å². The lowest BCUT2D eigenvalue weighted by atomic mass is 10.1. The maximum atomic E-state index is 10.9. The van der Waals surface area contributed by atoms with Crippen LogP contribution in [0.2, 0.25) is 0 Å². The summed E-state index contributed by atoms with van der Waals surface area (Å²) in [6, 6.07) is 9.97. The first-order chi connectivity index (χ1) is 7.69. The molecule has 0 aliphatic heterocycles. The molecule has 0 aliphatic rings. The number of carbonyl (C=O) groups excluding carboxylic acids is 1. The Bertz CT molecular complexity index is 534. The number of anilines is 1. The number of nitrogens with zero attached hydrogens (tertiary/aromatic N) is 1. The number of carbonyl (C=O) groups is 1. The molecule has 0 fully saturated rings. The van der Waals surface area contributed by atoms with Crippen LogP contribution in [0.15, 0.2) is 30.3 Å². The van der Waals surface area contributed by atoms with Crippen molar-refractivity contribution in [2.45, 2.75) is 20.3 Å². The first kappa shape index (κ1) is 10.6. The second kappa shape index (κ2) is 4.31. The minimum atomic E-state index is -0.1000. The summed E-state index contributed by atoms with van der Waals surface area (Å²) in [6.45, 7) is 3.60. The van der Waals surface area contributed by atoms with E-state index < -0.39 is 0 Å². The van der Waals surface area contributed by atoms with Gasteiger partial charge in [-0.05, 0) is 36.2 Å². The third-order valence-electron chi connectivity index (χ3n) is 2.47. The molecule has 0 spiro atoms. The molecule has 0 aliphatic carbocycles. The van der Waals surface area contributed by atoms with Gasteiger partial charge in [-0.25, -0.2) is 4.98 Å². The SMILES string of the molecule is CCc1ccc2nc(NC(C)=O)ccc2c1. The average molecular weight is 214 g/mol. The molecule has 0 saturated carbocycles. The van der Waals surface area contributed by atoms with E-state index >= 15 is 0 Å². The van der Waals surface area contributed by atoms with E-state index in [0.717, 1.165) is 17.3 Å². The monoisotopic (exact) mass is 214 g/mol. The molecule has 1 amide bonds. The predicted octanol–water partition coefficient (Wildman–Crippen LogP) is 2.76. The van der Waals surface area contributed by atoms with Crippen molar-refractivity contribution >= 4 is 22.6 Å². The Morgan fingerprint density at radius 1 is 1.31 bits per heavy atom. The number of benzene rings is 1. The molecule has 1 aromatic carbocycles. The molecule has 2 aromatic rings. The third kappa shape index (κ3) is 2.19. The van der Waals surface area contributed by atoms with Gasteiger partial charge in [0, 0.05) is 12.3 Å². The summed E-state index contributed by atoms with van der Waals surface area (Å²) in [5.41, 5.74) is 2.20. The van der Waals surface area contributed by atoms with E-state index in [9.17, 15) is 4.79 Å². The Labute approximate surface area is 94.5 Å². The number of aryl methyl sites for hydroxylation is 1. The fourth-order valence-electron chi connectivity index (χ4n) is 1.64. The smallest absolute Gasteiger partial charge is 0.222 e. The van der Waals surface area contributed by atoms with Crippen molar-refractivity contribution < 1.29 is 4.79 Å². The van der Waals surface area contributed by atoms with Gasteiger partial charge in [-0.15, -0.1) is 0 Å². The van der Waals surface area contributed by atoms with Crippen LogP contribution in [-0.2, 0) is 11.2 Å². The van der Waals surface area contributed by atoms with Crippen molar-refractivity contribution in [2.24, 2.45) is 0 Å². The molecule has 3 heteroatoms. The molecule has 0 unspecified atom stereocenters. The van der Waals surface area contributed by atoms with Crippen LogP contribution in [0.25, 0.3) is 10.9 Å². The van der Waals surface area contributed by atoms with Crippen LogP contribution in [0.3, 0.4) is 0 Å². The number of pyridine rings is 1. The Morgan fingerprint density at radius 2 is 2.12 bits per heavy atom. The molecule has 0 bridgehead atoms. The molecule has 2 rings (SSSR count). The van der Waals surface area contributed by atoms with Crippen LogP contribution < -0.4 is 5.32 Å². The highest BCUT2D eigenvalue weighted by Gasteiger charge is 2.00. The zero-order valence-corrected chi connectivity index (χ0v) is 9.45. The normalized spacial score (nSPS) is 10.4. The van der Waals surface area contributed by atoms with Gasteiger partial charge < -0.3 is 5.32 Å². The standard InChI is InChI=1S/C13H14N2O/c1-3-10-4-6-12-11(8-10)5-7-13(15-12)14-9(2)16/h4-8H,3H2,1-2H3,(H,14,15,16). The summed E-state index contributed by atoms with van der Waals surface area (Å²) in [7, 11) is 0. The van der Waals surface area contributed by atoms with Crippen LogP contribution in [0.5, 0.6) is 0 Å². The van der Waals surface area contributed by atoms with Gasteiger partial charge >= 0.3 is 0 Å². The average Bonchev–Trinajstić information content (AvgIpc) is 2.27. The quantitative estimate of drug-likeness (QED) is 0.835. The number of amides is 1. The van der Waals surface area contributed by atoms with E-state index in [2.05, 4.69) is 29.4 Å². The van der Waals surface area contributed by atoms with Gasteiger partial charge in [0.15, 0.2) is 0 Å². The van der Waals surface area contributed by atoms with Gasteiger partial charge in [-0.2, -0.15) is 0 Å². The third-order valence-corrected chi connectivity index (χ3v) is 2.47. The lowest BCUT2D eigenvalue weighted by molar-refractivity contribution is -0.114. The fraction of sp³-hybridized carbons (Fsp3) is 0.231. The molecule has 3 nitrogen and oxygen atoms in total. The van der Waals surface area contributed by atoms with Crippen LogP contribution in [0.1, 0.15) is 19.4 Å². The van der Waals surface area contributed by atoms with E-state index in [1.165, 1.54) is 12.5 Å². The summed E-state index contributed by atoms with van der Waals surface area (Å²) in [6.07, 6.45) is 1.02. The fourth-order valence-corrected chi connectivity index (χ4v) is 1.64. The lowest BCUT2D eigenvalue weighted by Gasteiger charge is -2.04. The van der Waals surface area contributed by atoms with Crippen LogP contribution in [0.4, 0.5) is 5.82 Å². The highest BCUT2D eigenvalue weighted by molar-refractivity contribution is 5.89. The largest absolute Gasteiger partial charge is 0.311 e. The molecule has 0 radical (unpaired) electrons. The highest BCUT2D eigenvalue weighted by Crippen LogP contribution is 2.17. The highest BCUT2D eigenvalue weighted by atomic mass is 16.1. The van der Waals surface area contributed by atoms with Crippen molar-refractivity contribution in [3.05, 3.63) is 35.9 Å². The number of rotatable bonds is 2. The van der Waals surface area contributed by atoms with Crippen molar-refractivity contribution in [3.63, 3.8) is 0 Å². The second-order valence-electron chi connectivity index (χ2n) is 3.76. The summed E-state index contributed by atoms with van der Waals surface area (Å²) in [5, 5.41) is 3.78. The lowest BCUT2D eigenvalue weighted by Crippen LogP contribution is -2.07. The summed E-state index contributed by atoms with van der Waals surface area (Å²) < 4.78 is 0. The van der Waals surface area contributed by atoms with Crippen molar-refractivity contribution in [1.29, 1.82) is 0 Å². The molecule has 1 N–H and O–H groups in total. The summed E-state index contributed by atoms with van der Waals surface area (Å²) in [5.74, 6) is 0.501. The van der Waals surface area contributed by atoms with Crippen LogP contribution in [-0.4, -0.2) is 10.9 Å². The Balaban J connectivity index is 2.43. The van der Waals surface area contributed by atoms with Crippen LogP contribution in [0, 0.1) is 0 Å². The molecule has 0 atom stereocenters. The van der Waals surface area contributed by atoms with Gasteiger partial charge in [0.1, 0.15) is 5.82 Å². The van der Waals surface area contributed by atoms with Crippen molar-refractivity contribution in [1.82, 2.24) is 4.98 Å². The first-order valence-corrected chi connectivity index (χ1v) is 5.36. The van der Waals surface area contributed by atoms with Gasteiger partial charge in [0.2, 0.25) is 5.91 Å². The maximum Gasteiger partial charge on any atom is 0.222 e. The predicted molar refractivity (Wildman–Crippen MR) is 65.4 cm³/mol. The number of aromatic nitrogens is 1. The van der Waals surface area contributed by atoms with E-state index in [1.54, 1.807) is 0 Å². The molecule has 0 saturated heterocycles. The van der Waals surface area contributed by atoms with Gasteiger partial charge in [0.25, 0.3) is 0 Å². The minimum absolute atomic E-state index is 0.1000. The van der Waals surface area contributed by atoms with E-state index in [-0.39, 0.29) is 5.91 Å². The minimum Gasteiger partial charge on any atom is -0.311 e. The molecular formula is C13H14N2O. The van der Waals surface area contributed by atoms with Gasteiger partial charge in [-0.3, -0.25) is 4.79 Å². The summed E-state index contributed by atoms with van der Waals surface area (Å²) >= 11 is 0. The van der Waals surface area contributed by atoms with Crippen molar-refractivity contribution in [3.8, 4) is 0 Å². The van der Waals surface area contributed by atoms with Crippen LogP contribution >= 0.6 is 0 Å². The zero-order chi connectivity index (χ0) is 11.5. The number of hydrogen-bond acceptors (Lipinski definition) is 2. The Kier molecular flexibility index (Phi) is 2.86. The Hall–Kier alpha value is -1.90. The first-order valence-electron chi connectivity index (χ1n) is 5.36. The number of nitrogens with one attached hydrogen (secondary N) is 1. The van der Waals surface area contributed by atoms with Gasteiger partial charge in [0.05, 0.1) is 5.52 Å². The maximum absolute atomic E-state index is 10.9. The second-order valence-corrected chi connectivity index (χ2v) is 3.76. The number of fused-ring (bicyclic) bond motifs is 1. The molecule has 1 aromatic heterocycles. The molecule has 16 heavy (non-hydrogen) atoms. The van der Waals surface area contributed by atoms with Gasteiger partial charge in [-0.1, -0.05) is 13.0 Å². The molecule has 1 heterocycles. The van der Waals surface area contributed by atoms with E-state index in [4.69, 9.17) is 0 Å². The Morgan fingerprint density at radius 3 is 2.81 bits per heavy atom. The zero-order valence-electron chi connectivity index (χ0n) is 9.45. The van der Waals surface area contributed by atoms with Crippen molar-refractivity contribution in [2.75, 3.05) is 5.32 Å². The number of hydrogen-bond donors (Lipinski definition) is 1. The molecule has 82 valence electrons.